The molecule has 2 rings (SSSR count). The molecular weight excluding hydrogens is 350 g/mol. The summed E-state index contributed by atoms with van der Waals surface area (Å²) in [6, 6.07) is 15.2. The van der Waals surface area contributed by atoms with Crippen LogP contribution in [0.1, 0.15) is 50.0 Å². The monoisotopic (exact) mass is 381 g/mol. The lowest BCUT2D eigenvalue weighted by molar-refractivity contribution is 0.0955. The van der Waals surface area contributed by atoms with E-state index in [4.69, 9.17) is 4.74 Å². The fourth-order valence-corrected chi connectivity index (χ4v) is 2.70. The first-order valence-electron chi connectivity index (χ1n) is 9.94. The van der Waals surface area contributed by atoms with Crippen molar-refractivity contribution in [1.82, 2.24) is 5.43 Å². The second-order valence-corrected chi connectivity index (χ2v) is 7.02. The van der Waals surface area contributed by atoms with Crippen LogP contribution in [0.15, 0.2) is 53.6 Å². The molecule has 5 nitrogen and oxygen atoms in total. The minimum absolute atomic E-state index is 0.226. The van der Waals surface area contributed by atoms with Gasteiger partial charge in [-0.25, -0.2) is 5.43 Å². The maximum atomic E-state index is 12.2. The predicted molar refractivity (Wildman–Crippen MR) is 116 cm³/mol. The molecule has 1 N–H and O–H groups in total. The number of rotatable bonds is 10. The Balaban J connectivity index is 1.85. The lowest BCUT2D eigenvalue weighted by Crippen LogP contribution is -2.22. The van der Waals surface area contributed by atoms with Gasteiger partial charge in [0.15, 0.2) is 0 Å². The molecule has 1 amide bonds. The third kappa shape index (κ3) is 6.72. The van der Waals surface area contributed by atoms with Gasteiger partial charge < -0.3 is 9.64 Å². The summed E-state index contributed by atoms with van der Waals surface area (Å²) < 4.78 is 5.70. The van der Waals surface area contributed by atoms with Crippen molar-refractivity contribution in [3.8, 4) is 5.75 Å². The van der Waals surface area contributed by atoms with E-state index in [1.165, 1.54) is 0 Å². The van der Waals surface area contributed by atoms with Gasteiger partial charge in [-0.3, -0.25) is 4.79 Å². The standard InChI is InChI=1S/C23H31N3O2/c1-5-26(6-2)21-11-9-20(10-12-21)23(27)25-24-17-19-7-13-22(14-8-19)28-16-15-18(3)4/h7-14,17-18H,5-6,15-16H2,1-4H3,(H,25,27). The Morgan fingerprint density at radius 2 is 1.71 bits per heavy atom. The molecule has 0 radical (unpaired) electrons. The lowest BCUT2D eigenvalue weighted by Gasteiger charge is -2.20. The molecule has 0 saturated heterocycles. The van der Waals surface area contributed by atoms with Gasteiger partial charge in [0.05, 0.1) is 12.8 Å². The average Bonchev–Trinajstić information content (AvgIpc) is 2.70. The van der Waals surface area contributed by atoms with E-state index in [1.54, 1.807) is 6.21 Å². The number of anilines is 1. The normalized spacial score (nSPS) is 11.0. The summed E-state index contributed by atoms with van der Waals surface area (Å²) in [6.45, 7) is 11.2. The van der Waals surface area contributed by atoms with Gasteiger partial charge in [-0.15, -0.1) is 0 Å². The highest BCUT2D eigenvalue weighted by atomic mass is 16.5. The number of amides is 1. The average molecular weight is 382 g/mol. The molecule has 2 aromatic carbocycles. The topological polar surface area (TPSA) is 53.9 Å². The van der Waals surface area contributed by atoms with Crippen LogP contribution >= 0.6 is 0 Å². The molecule has 28 heavy (non-hydrogen) atoms. The van der Waals surface area contributed by atoms with Crippen molar-refractivity contribution in [2.45, 2.75) is 34.1 Å². The molecule has 0 atom stereocenters. The van der Waals surface area contributed by atoms with Crippen LogP contribution in [0.3, 0.4) is 0 Å². The molecule has 0 fully saturated rings. The summed E-state index contributed by atoms with van der Waals surface area (Å²) in [7, 11) is 0. The third-order valence-corrected chi connectivity index (χ3v) is 4.48. The van der Waals surface area contributed by atoms with Crippen LogP contribution in [0, 0.1) is 5.92 Å². The maximum absolute atomic E-state index is 12.2. The Hall–Kier alpha value is -2.82. The molecular formula is C23H31N3O2. The summed E-state index contributed by atoms with van der Waals surface area (Å²) in [5, 5.41) is 4.05. The van der Waals surface area contributed by atoms with Gasteiger partial charge in [0.1, 0.15) is 5.75 Å². The second kappa shape index (κ2) is 11.1. The highest BCUT2D eigenvalue weighted by molar-refractivity contribution is 5.95. The van der Waals surface area contributed by atoms with Crippen molar-refractivity contribution >= 4 is 17.8 Å². The van der Waals surface area contributed by atoms with E-state index in [9.17, 15) is 4.79 Å². The van der Waals surface area contributed by atoms with Crippen LogP contribution in [0.5, 0.6) is 5.75 Å². The van der Waals surface area contributed by atoms with Gasteiger partial charge in [0.2, 0.25) is 0 Å². The van der Waals surface area contributed by atoms with Crippen LogP contribution in [-0.4, -0.2) is 31.8 Å². The minimum atomic E-state index is -0.226. The van der Waals surface area contributed by atoms with Gasteiger partial charge >= 0.3 is 0 Å². The van der Waals surface area contributed by atoms with E-state index in [1.807, 2.05) is 48.5 Å². The van der Waals surface area contributed by atoms with E-state index < -0.39 is 0 Å². The van der Waals surface area contributed by atoms with Crippen molar-refractivity contribution in [3.63, 3.8) is 0 Å². The Bertz CT molecular complexity index is 748. The Kier molecular flexibility index (Phi) is 8.53. The summed E-state index contributed by atoms with van der Waals surface area (Å²) in [6.07, 6.45) is 2.66. The number of nitrogens with one attached hydrogen (secondary N) is 1. The molecule has 0 saturated carbocycles. The molecule has 0 aliphatic heterocycles. The lowest BCUT2D eigenvalue weighted by atomic mass is 10.1. The van der Waals surface area contributed by atoms with Crippen LogP contribution in [0.2, 0.25) is 0 Å². The van der Waals surface area contributed by atoms with Crippen LogP contribution < -0.4 is 15.1 Å². The molecule has 0 heterocycles. The Morgan fingerprint density at radius 3 is 2.29 bits per heavy atom. The van der Waals surface area contributed by atoms with Crippen molar-refractivity contribution in [3.05, 3.63) is 59.7 Å². The zero-order valence-electron chi connectivity index (χ0n) is 17.3. The molecule has 0 aromatic heterocycles. The number of carbonyl (C=O) groups excluding carboxylic acids is 1. The summed E-state index contributed by atoms with van der Waals surface area (Å²) in [5.41, 5.74) is 5.16. The fraction of sp³-hybridized carbons (Fsp3) is 0.391. The fourth-order valence-electron chi connectivity index (χ4n) is 2.70. The molecule has 5 heteroatoms. The molecule has 2 aromatic rings. The zero-order valence-corrected chi connectivity index (χ0v) is 17.3. The van der Waals surface area contributed by atoms with Gasteiger partial charge in [-0.2, -0.15) is 5.10 Å². The van der Waals surface area contributed by atoms with Crippen molar-refractivity contribution in [1.29, 1.82) is 0 Å². The van der Waals surface area contributed by atoms with E-state index in [0.717, 1.165) is 36.5 Å². The third-order valence-electron chi connectivity index (χ3n) is 4.48. The van der Waals surface area contributed by atoms with Crippen LogP contribution in [-0.2, 0) is 0 Å². The molecule has 0 unspecified atom stereocenters. The number of nitrogens with zero attached hydrogens (tertiary/aromatic N) is 2. The molecule has 0 spiro atoms. The van der Waals surface area contributed by atoms with Gasteiger partial charge in [0, 0.05) is 24.3 Å². The van der Waals surface area contributed by atoms with Gasteiger partial charge in [0.25, 0.3) is 5.91 Å². The first-order valence-corrected chi connectivity index (χ1v) is 9.94. The smallest absolute Gasteiger partial charge is 0.271 e. The summed E-state index contributed by atoms with van der Waals surface area (Å²) in [5.74, 6) is 1.24. The summed E-state index contributed by atoms with van der Waals surface area (Å²) >= 11 is 0. The number of carbonyl (C=O) groups is 1. The largest absolute Gasteiger partial charge is 0.494 e. The quantitative estimate of drug-likeness (QED) is 0.478. The number of hydrogen-bond donors (Lipinski definition) is 1. The maximum Gasteiger partial charge on any atom is 0.271 e. The van der Waals surface area contributed by atoms with Crippen molar-refractivity contribution in [2.24, 2.45) is 11.0 Å². The molecule has 150 valence electrons. The molecule has 0 aliphatic rings. The number of hydrazone groups is 1. The first kappa shape index (κ1) is 21.5. The molecule has 0 aliphatic carbocycles. The number of hydrogen-bond acceptors (Lipinski definition) is 4. The number of ether oxygens (including phenoxy) is 1. The Morgan fingerprint density at radius 1 is 1.07 bits per heavy atom. The first-order chi connectivity index (χ1) is 13.5. The van der Waals surface area contributed by atoms with Crippen molar-refractivity contribution in [2.75, 3.05) is 24.6 Å². The van der Waals surface area contributed by atoms with E-state index in [2.05, 4.69) is 43.1 Å². The van der Waals surface area contributed by atoms with E-state index in [-0.39, 0.29) is 5.91 Å². The highest BCUT2D eigenvalue weighted by Crippen LogP contribution is 2.15. The minimum Gasteiger partial charge on any atom is -0.494 e. The van der Waals surface area contributed by atoms with Crippen LogP contribution in [0.4, 0.5) is 5.69 Å². The van der Waals surface area contributed by atoms with Crippen molar-refractivity contribution < 1.29 is 9.53 Å². The second-order valence-electron chi connectivity index (χ2n) is 7.02. The summed E-state index contributed by atoms with van der Waals surface area (Å²) in [4.78, 5) is 14.5. The van der Waals surface area contributed by atoms with Crippen LogP contribution in [0.25, 0.3) is 0 Å². The Labute approximate surface area is 168 Å². The van der Waals surface area contributed by atoms with E-state index >= 15 is 0 Å². The van der Waals surface area contributed by atoms with Gasteiger partial charge in [-0.1, -0.05) is 13.8 Å². The van der Waals surface area contributed by atoms with E-state index in [0.29, 0.717) is 18.1 Å². The SMILES string of the molecule is CCN(CC)c1ccc(C(=O)NN=Cc2ccc(OCCC(C)C)cc2)cc1. The number of benzene rings is 2. The van der Waals surface area contributed by atoms with Gasteiger partial charge in [-0.05, 0) is 80.3 Å². The molecule has 0 bridgehead atoms. The highest BCUT2D eigenvalue weighted by Gasteiger charge is 2.06. The zero-order chi connectivity index (χ0) is 20.4. The predicted octanol–water partition coefficient (Wildman–Crippen LogP) is 4.72.